The van der Waals surface area contributed by atoms with Gasteiger partial charge < -0.3 is 5.32 Å². The third-order valence-electron chi connectivity index (χ3n) is 2.22. The Labute approximate surface area is 116 Å². The van der Waals surface area contributed by atoms with Crippen LogP contribution in [0, 0.1) is 21.6 Å². The van der Waals surface area contributed by atoms with Gasteiger partial charge in [0, 0.05) is 17.7 Å². The van der Waals surface area contributed by atoms with Gasteiger partial charge in [-0.15, -0.1) is 5.54 Å². The molecule has 19 heavy (non-hydrogen) atoms. The Morgan fingerprint density at radius 2 is 1.95 bits per heavy atom. The third-order valence-corrected chi connectivity index (χ3v) is 2.94. The van der Waals surface area contributed by atoms with Gasteiger partial charge in [0.2, 0.25) is 0 Å². The Morgan fingerprint density at radius 3 is 2.42 bits per heavy atom. The lowest BCUT2D eigenvalue weighted by molar-refractivity contribution is -0.384. The van der Waals surface area contributed by atoms with Gasteiger partial charge in [0.05, 0.1) is 16.2 Å². The van der Waals surface area contributed by atoms with Crippen molar-refractivity contribution in [1.29, 1.82) is 0 Å². The molecule has 4 nitrogen and oxygen atoms in total. The van der Waals surface area contributed by atoms with Crippen molar-refractivity contribution in [3.63, 3.8) is 0 Å². The molecule has 1 rings (SSSR count). The molecular formula is C14H20N2O2Si. The zero-order valence-corrected chi connectivity index (χ0v) is 13.2. The van der Waals surface area contributed by atoms with Crippen LogP contribution in [0.3, 0.4) is 0 Å². The van der Waals surface area contributed by atoms with E-state index < -0.39 is 13.7 Å². The van der Waals surface area contributed by atoms with E-state index in [1.165, 1.54) is 12.1 Å². The van der Waals surface area contributed by atoms with E-state index in [1.807, 2.05) is 20.8 Å². The summed E-state index contributed by atoms with van der Waals surface area (Å²) in [6.45, 7) is 10.4. The summed E-state index contributed by atoms with van der Waals surface area (Å²) >= 11 is 0. The topological polar surface area (TPSA) is 55.2 Å². The molecule has 0 spiro atoms. The first-order valence-corrected chi connectivity index (χ1v) is 9.16. The normalized spacial score (nSPS) is 10.8. The fourth-order valence-electron chi connectivity index (χ4n) is 1.48. The number of hydrogen-bond acceptors (Lipinski definition) is 3. The van der Waals surface area contributed by atoms with E-state index in [0.29, 0.717) is 5.56 Å². The highest BCUT2D eigenvalue weighted by Crippen LogP contribution is 2.24. The smallest absolute Gasteiger partial charge is 0.270 e. The average Bonchev–Trinajstić information content (AvgIpc) is 2.25. The van der Waals surface area contributed by atoms with Crippen LogP contribution in [-0.4, -0.2) is 19.3 Å². The van der Waals surface area contributed by atoms with E-state index in [2.05, 4.69) is 29.9 Å². The van der Waals surface area contributed by atoms with Crippen LogP contribution in [0.5, 0.6) is 0 Å². The summed E-state index contributed by atoms with van der Waals surface area (Å²) in [7, 11) is -1.01. The van der Waals surface area contributed by atoms with Crippen molar-refractivity contribution in [2.45, 2.75) is 39.4 Å². The number of rotatable bonds is 2. The molecule has 1 aromatic carbocycles. The maximum Gasteiger partial charge on any atom is 0.270 e. The number of nitro groups is 1. The SMILES string of the molecule is C[SiH](C)C#Cc1cc([N+](=O)[O-])ccc1NC(C)(C)C. The van der Waals surface area contributed by atoms with Crippen LogP contribution in [0.25, 0.3) is 0 Å². The van der Waals surface area contributed by atoms with Crippen LogP contribution in [0.4, 0.5) is 11.4 Å². The quantitative estimate of drug-likeness (QED) is 0.390. The molecule has 0 heterocycles. The van der Waals surface area contributed by atoms with E-state index in [9.17, 15) is 10.1 Å². The van der Waals surface area contributed by atoms with Crippen LogP contribution in [-0.2, 0) is 0 Å². The molecular weight excluding hydrogens is 256 g/mol. The highest BCUT2D eigenvalue weighted by atomic mass is 28.3. The van der Waals surface area contributed by atoms with Crippen LogP contribution < -0.4 is 5.32 Å². The lowest BCUT2D eigenvalue weighted by Gasteiger charge is -2.23. The summed E-state index contributed by atoms with van der Waals surface area (Å²) in [6, 6.07) is 4.78. The lowest BCUT2D eigenvalue weighted by Crippen LogP contribution is -2.26. The van der Waals surface area contributed by atoms with E-state index in [4.69, 9.17) is 0 Å². The molecule has 0 aliphatic carbocycles. The van der Waals surface area contributed by atoms with E-state index in [0.717, 1.165) is 5.69 Å². The zero-order chi connectivity index (χ0) is 14.6. The van der Waals surface area contributed by atoms with Gasteiger partial charge in [0.1, 0.15) is 8.80 Å². The largest absolute Gasteiger partial charge is 0.379 e. The predicted octanol–water partition coefficient (Wildman–Crippen LogP) is 3.18. The van der Waals surface area contributed by atoms with Gasteiger partial charge in [-0.25, -0.2) is 0 Å². The fourth-order valence-corrected chi connectivity index (χ4v) is 1.93. The summed E-state index contributed by atoms with van der Waals surface area (Å²) in [5.74, 6) is 3.08. The molecule has 5 heteroatoms. The molecule has 0 atom stereocenters. The summed E-state index contributed by atoms with van der Waals surface area (Å²) in [4.78, 5) is 10.4. The lowest BCUT2D eigenvalue weighted by atomic mass is 10.1. The van der Waals surface area contributed by atoms with Gasteiger partial charge >= 0.3 is 0 Å². The molecule has 0 aliphatic rings. The van der Waals surface area contributed by atoms with Crippen LogP contribution in [0.15, 0.2) is 18.2 Å². The molecule has 0 unspecified atom stereocenters. The summed E-state index contributed by atoms with van der Waals surface area (Å²) in [6.07, 6.45) is 0. The highest BCUT2D eigenvalue weighted by molar-refractivity contribution is 6.64. The molecule has 0 saturated heterocycles. The van der Waals surface area contributed by atoms with E-state index >= 15 is 0 Å². The molecule has 0 fully saturated rings. The minimum atomic E-state index is -1.01. The summed E-state index contributed by atoms with van der Waals surface area (Å²) in [5, 5.41) is 14.2. The minimum absolute atomic E-state index is 0.0779. The van der Waals surface area contributed by atoms with Gasteiger partial charge in [-0.1, -0.05) is 19.0 Å². The number of benzene rings is 1. The Kier molecular flexibility index (Phi) is 4.73. The molecule has 0 amide bonds. The second-order valence-electron chi connectivity index (χ2n) is 5.79. The van der Waals surface area contributed by atoms with Gasteiger partial charge in [-0.3, -0.25) is 10.1 Å². The number of nitrogens with zero attached hydrogens (tertiary/aromatic N) is 1. The van der Waals surface area contributed by atoms with Gasteiger partial charge in [-0.2, -0.15) is 0 Å². The van der Waals surface area contributed by atoms with Gasteiger partial charge in [0.25, 0.3) is 5.69 Å². The fraction of sp³-hybridized carbons (Fsp3) is 0.429. The first-order chi connectivity index (χ1) is 8.69. The number of non-ortho nitro benzene ring substituents is 1. The van der Waals surface area contributed by atoms with Crippen molar-refractivity contribution in [1.82, 2.24) is 0 Å². The van der Waals surface area contributed by atoms with Gasteiger partial charge in [-0.05, 0) is 26.8 Å². The van der Waals surface area contributed by atoms with Crippen molar-refractivity contribution in [2.24, 2.45) is 0 Å². The minimum Gasteiger partial charge on any atom is -0.379 e. The molecule has 102 valence electrons. The third kappa shape index (κ3) is 5.14. The van der Waals surface area contributed by atoms with E-state index in [1.54, 1.807) is 6.07 Å². The Morgan fingerprint density at radius 1 is 1.32 bits per heavy atom. The Balaban J connectivity index is 3.24. The first-order valence-electron chi connectivity index (χ1n) is 6.27. The zero-order valence-electron chi connectivity index (χ0n) is 12.1. The van der Waals surface area contributed by atoms with Crippen molar-refractivity contribution in [3.05, 3.63) is 33.9 Å². The van der Waals surface area contributed by atoms with Gasteiger partial charge in [0.15, 0.2) is 0 Å². The monoisotopic (exact) mass is 276 g/mol. The first kappa shape index (κ1) is 15.3. The van der Waals surface area contributed by atoms with Crippen molar-refractivity contribution in [3.8, 4) is 11.5 Å². The number of anilines is 1. The number of hydrogen-bond donors (Lipinski definition) is 1. The molecule has 0 aromatic heterocycles. The van der Waals surface area contributed by atoms with Crippen LogP contribution >= 0.6 is 0 Å². The summed E-state index contributed by atoms with van der Waals surface area (Å²) in [5.41, 5.74) is 4.70. The molecule has 0 aliphatic heterocycles. The molecule has 0 radical (unpaired) electrons. The maximum absolute atomic E-state index is 10.8. The maximum atomic E-state index is 10.8. The highest BCUT2D eigenvalue weighted by Gasteiger charge is 2.14. The van der Waals surface area contributed by atoms with Crippen molar-refractivity contribution >= 4 is 20.2 Å². The average molecular weight is 276 g/mol. The molecule has 0 saturated carbocycles. The standard InChI is InChI=1S/C14H20N2O2Si/c1-14(2,3)15-13-7-6-12(16(17)18)10-11(13)8-9-19(4)5/h6-7,10,15,19H,1-5H3. The van der Waals surface area contributed by atoms with Crippen LogP contribution in [0.2, 0.25) is 13.1 Å². The van der Waals surface area contributed by atoms with Crippen molar-refractivity contribution in [2.75, 3.05) is 5.32 Å². The molecule has 1 N–H and O–H groups in total. The number of nitro benzene ring substituents is 1. The number of nitrogens with one attached hydrogen (secondary N) is 1. The predicted molar refractivity (Wildman–Crippen MR) is 82.2 cm³/mol. The Bertz CT molecular complexity index is 537. The Hall–Kier alpha value is -1.80. The van der Waals surface area contributed by atoms with E-state index in [-0.39, 0.29) is 11.2 Å². The molecule has 1 aromatic rings. The second kappa shape index (κ2) is 5.89. The molecule has 0 bridgehead atoms. The van der Waals surface area contributed by atoms with Crippen molar-refractivity contribution < 1.29 is 4.92 Å². The summed E-state index contributed by atoms with van der Waals surface area (Å²) < 4.78 is 0. The second-order valence-corrected chi connectivity index (χ2v) is 8.38. The van der Waals surface area contributed by atoms with Crippen LogP contribution in [0.1, 0.15) is 26.3 Å².